The van der Waals surface area contributed by atoms with Gasteiger partial charge in [-0.2, -0.15) is 0 Å². The lowest BCUT2D eigenvalue weighted by Gasteiger charge is -2.56. The van der Waals surface area contributed by atoms with Crippen molar-refractivity contribution in [3.63, 3.8) is 0 Å². The smallest absolute Gasteiger partial charge is 0.125 e. The summed E-state index contributed by atoms with van der Waals surface area (Å²) in [5.74, 6) is 3.48. The minimum absolute atomic E-state index is 0.184. The van der Waals surface area contributed by atoms with Crippen LogP contribution in [0.15, 0.2) is 35.1 Å². The van der Waals surface area contributed by atoms with Gasteiger partial charge in [0.15, 0.2) is 0 Å². The zero-order chi connectivity index (χ0) is 17.2. The van der Waals surface area contributed by atoms with E-state index in [0.29, 0.717) is 12.0 Å². The van der Waals surface area contributed by atoms with Crippen LogP contribution in [-0.2, 0) is 9.47 Å². The number of fused-ring (bicyclic) bond motifs is 6. The van der Waals surface area contributed by atoms with Gasteiger partial charge in [-0.15, -0.1) is 0 Å². The molecule has 1 aliphatic heterocycles. The Bertz CT molecular complexity index is 672. The molecule has 2 nitrogen and oxygen atoms in total. The molecule has 2 fully saturated rings. The van der Waals surface area contributed by atoms with Crippen LogP contribution in [0, 0.1) is 28.6 Å². The second-order valence-corrected chi connectivity index (χ2v) is 9.44. The molecule has 1 heterocycles. The molecule has 1 unspecified atom stereocenters. The fraction of sp³-hybridized carbons (Fsp3) is 0.739. The van der Waals surface area contributed by atoms with Gasteiger partial charge >= 0.3 is 0 Å². The van der Waals surface area contributed by atoms with Crippen molar-refractivity contribution in [1.82, 2.24) is 0 Å². The average molecular weight is 341 g/mol. The molecule has 0 radical (unpaired) electrons. The normalized spacial score (nSPS) is 48.0. The van der Waals surface area contributed by atoms with Gasteiger partial charge in [0, 0.05) is 0 Å². The van der Waals surface area contributed by atoms with Crippen molar-refractivity contribution in [1.29, 1.82) is 0 Å². The van der Waals surface area contributed by atoms with Crippen molar-refractivity contribution in [2.24, 2.45) is 28.6 Å². The molecule has 136 valence electrons. The predicted octanol–water partition coefficient (Wildman–Crippen LogP) is 5.41. The van der Waals surface area contributed by atoms with Crippen LogP contribution >= 0.6 is 0 Å². The van der Waals surface area contributed by atoms with Gasteiger partial charge in [0.25, 0.3) is 0 Å². The molecule has 2 heteroatoms. The Labute approximate surface area is 152 Å². The van der Waals surface area contributed by atoms with Crippen LogP contribution in [0.4, 0.5) is 0 Å². The average Bonchev–Trinajstić information content (AvgIpc) is 2.96. The molecule has 0 aromatic rings. The van der Waals surface area contributed by atoms with Gasteiger partial charge in [-0.3, -0.25) is 0 Å². The van der Waals surface area contributed by atoms with E-state index in [0.717, 1.165) is 36.5 Å². The number of allylic oxidation sites excluding steroid dienone is 5. The molecule has 0 amide bonds. The van der Waals surface area contributed by atoms with Crippen LogP contribution in [0.25, 0.3) is 0 Å². The summed E-state index contributed by atoms with van der Waals surface area (Å²) < 4.78 is 12.0. The van der Waals surface area contributed by atoms with Crippen molar-refractivity contribution < 1.29 is 9.47 Å². The molecule has 5 aliphatic rings. The van der Waals surface area contributed by atoms with Gasteiger partial charge < -0.3 is 9.47 Å². The summed E-state index contributed by atoms with van der Waals surface area (Å²) in [6.45, 7) is 8.91. The maximum atomic E-state index is 6.08. The monoisotopic (exact) mass is 340 g/mol. The van der Waals surface area contributed by atoms with Crippen molar-refractivity contribution in [3.05, 3.63) is 35.1 Å². The van der Waals surface area contributed by atoms with E-state index >= 15 is 0 Å². The molecular formula is C23H32O2. The van der Waals surface area contributed by atoms with Gasteiger partial charge in [0.2, 0.25) is 0 Å². The Kier molecular flexibility index (Phi) is 3.55. The van der Waals surface area contributed by atoms with Crippen LogP contribution in [0.2, 0.25) is 0 Å². The van der Waals surface area contributed by atoms with Gasteiger partial charge in [-0.1, -0.05) is 44.9 Å². The topological polar surface area (TPSA) is 18.5 Å². The third-order valence-electron chi connectivity index (χ3n) is 8.50. The minimum atomic E-state index is 0.184. The summed E-state index contributed by atoms with van der Waals surface area (Å²) >= 11 is 0. The first-order valence-electron chi connectivity index (χ1n) is 10.4. The molecule has 25 heavy (non-hydrogen) atoms. The molecule has 1 saturated heterocycles. The SMILES string of the molecule is CC[C@H]1CC=C2[C@@H]3CC=C4C=C5OCCOC5C[C@]4(C)[C@H]3CC[C@@]21C. The maximum absolute atomic E-state index is 6.08. The standard InChI is InChI=1S/C23H32O2/c1-4-15-6-8-18-17-7-5-16-13-20-21(25-12-11-24-20)14-23(16,3)19(17)9-10-22(15,18)2/h5,8,13,15,17,19,21H,4,6-7,9-12,14H2,1-3H3/t15-,17-,19-,21?,22+,23-/m0/s1. The van der Waals surface area contributed by atoms with Crippen LogP contribution in [-0.4, -0.2) is 19.3 Å². The van der Waals surface area contributed by atoms with E-state index in [9.17, 15) is 0 Å². The van der Waals surface area contributed by atoms with E-state index in [-0.39, 0.29) is 11.5 Å². The highest BCUT2D eigenvalue weighted by molar-refractivity contribution is 5.41. The molecule has 5 rings (SSSR count). The number of hydrogen-bond acceptors (Lipinski definition) is 2. The highest BCUT2D eigenvalue weighted by atomic mass is 16.6. The molecule has 0 aromatic carbocycles. The third-order valence-corrected chi connectivity index (χ3v) is 8.50. The lowest BCUT2D eigenvalue weighted by Crippen LogP contribution is -2.49. The van der Waals surface area contributed by atoms with E-state index in [1.54, 1.807) is 0 Å². The van der Waals surface area contributed by atoms with Crippen LogP contribution in [0.5, 0.6) is 0 Å². The molecule has 1 saturated carbocycles. The Balaban J connectivity index is 1.52. The second kappa shape index (κ2) is 5.49. The number of rotatable bonds is 1. The molecule has 4 aliphatic carbocycles. The molecular weight excluding hydrogens is 308 g/mol. The third kappa shape index (κ3) is 2.13. The van der Waals surface area contributed by atoms with Crippen LogP contribution in [0.1, 0.15) is 59.3 Å². The predicted molar refractivity (Wildman–Crippen MR) is 100 cm³/mol. The van der Waals surface area contributed by atoms with E-state index in [1.165, 1.54) is 37.7 Å². The number of hydrogen-bond donors (Lipinski definition) is 0. The van der Waals surface area contributed by atoms with Crippen molar-refractivity contribution in [3.8, 4) is 0 Å². The summed E-state index contributed by atoms with van der Waals surface area (Å²) in [4.78, 5) is 0. The Morgan fingerprint density at radius 1 is 1.12 bits per heavy atom. The first-order valence-corrected chi connectivity index (χ1v) is 10.4. The summed E-state index contributed by atoms with van der Waals surface area (Å²) in [6.07, 6.45) is 15.4. The molecule has 6 atom stereocenters. The molecule has 0 N–H and O–H groups in total. The van der Waals surface area contributed by atoms with Crippen molar-refractivity contribution in [2.75, 3.05) is 13.2 Å². The van der Waals surface area contributed by atoms with Gasteiger partial charge in [-0.25, -0.2) is 0 Å². The summed E-state index contributed by atoms with van der Waals surface area (Å²) in [5.41, 5.74) is 4.06. The van der Waals surface area contributed by atoms with Crippen molar-refractivity contribution >= 4 is 0 Å². The van der Waals surface area contributed by atoms with Gasteiger partial charge in [0.05, 0.1) is 6.61 Å². The summed E-state index contributed by atoms with van der Waals surface area (Å²) in [5, 5.41) is 0. The zero-order valence-electron chi connectivity index (χ0n) is 16.0. The highest BCUT2D eigenvalue weighted by Crippen LogP contribution is 2.64. The Morgan fingerprint density at radius 2 is 2.00 bits per heavy atom. The largest absolute Gasteiger partial charge is 0.493 e. The first-order chi connectivity index (χ1) is 12.1. The highest BCUT2D eigenvalue weighted by Gasteiger charge is 2.55. The minimum Gasteiger partial charge on any atom is -0.493 e. The lowest BCUT2D eigenvalue weighted by molar-refractivity contribution is -0.0749. The lowest BCUT2D eigenvalue weighted by atomic mass is 9.49. The van der Waals surface area contributed by atoms with E-state index in [2.05, 4.69) is 39.0 Å². The summed E-state index contributed by atoms with van der Waals surface area (Å²) in [7, 11) is 0. The van der Waals surface area contributed by atoms with Gasteiger partial charge in [-0.05, 0) is 72.3 Å². The second-order valence-electron chi connectivity index (χ2n) is 9.44. The number of ether oxygens (including phenoxy) is 2. The maximum Gasteiger partial charge on any atom is 0.125 e. The zero-order valence-corrected chi connectivity index (χ0v) is 16.0. The van der Waals surface area contributed by atoms with Crippen LogP contribution in [0.3, 0.4) is 0 Å². The van der Waals surface area contributed by atoms with Crippen molar-refractivity contribution in [2.45, 2.75) is 65.4 Å². The van der Waals surface area contributed by atoms with E-state index in [4.69, 9.17) is 9.47 Å². The van der Waals surface area contributed by atoms with Gasteiger partial charge in [0.1, 0.15) is 18.5 Å². The molecule has 0 spiro atoms. The fourth-order valence-electron chi connectivity index (χ4n) is 7.02. The van der Waals surface area contributed by atoms with E-state index in [1.807, 2.05) is 5.57 Å². The quantitative estimate of drug-likeness (QED) is 0.594. The molecule has 0 aromatic heterocycles. The van der Waals surface area contributed by atoms with Crippen LogP contribution < -0.4 is 0 Å². The first kappa shape index (κ1) is 16.2. The fourth-order valence-corrected chi connectivity index (χ4v) is 7.02. The van der Waals surface area contributed by atoms with E-state index < -0.39 is 0 Å². The Hall–Kier alpha value is -1.02. The Morgan fingerprint density at radius 3 is 2.84 bits per heavy atom. The summed E-state index contributed by atoms with van der Waals surface area (Å²) in [6, 6.07) is 0. The molecule has 0 bridgehead atoms.